The summed E-state index contributed by atoms with van der Waals surface area (Å²) in [5.74, 6) is -0.386. The number of carbonyl (C=O) groups is 2. The van der Waals surface area contributed by atoms with Crippen molar-refractivity contribution in [3.8, 4) is 0 Å². The van der Waals surface area contributed by atoms with Crippen LogP contribution >= 0.6 is 0 Å². The van der Waals surface area contributed by atoms with E-state index in [1.807, 2.05) is 7.05 Å². The van der Waals surface area contributed by atoms with Crippen LogP contribution in [0, 0.1) is 0 Å². The van der Waals surface area contributed by atoms with Gasteiger partial charge >= 0.3 is 5.97 Å². The third-order valence-corrected chi connectivity index (χ3v) is 2.97. The maximum Gasteiger partial charge on any atom is 0.337 e. The Labute approximate surface area is 100 Å². The van der Waals surface area contributed by atoms with Crippen molar-refractivity contribution < 1.29 is 14.3 Å². The molecule has 2 rings (SSSR count). The van der Waals surface area contributed by atoms with Crippen LogP contribution < -0.4 is 0 Å². The molecule has 0 atom stereocenters. The molecule has 1 aliphatic carbocycles. The molecule has 0 N–H and O–H groups in total. The zero-order valence-electron chi connectivity index (χ0n) is 9.97. The lowest BCUT2D eigenvalue weighted by molar-refractivity contribution is 0.0600. The summed E-state index contributed by atoms with van der Waals surface area (Å²) in [6, 6.07) is 6.93. The Balaban J connectivity index is 2.11. The molecule has 1 aromatic rings. The summed E-state index contributed by atoms with van der Waals surface area (Å²) in [4.78, 5) is 25.0. The highest BCUT2D eigenvalue weighted by atomic mass is 16.5. The van der Waals surface area contributed by atoms with Crippen LogP contribution in [-0.4, -0.2) is 37.0 Å². The summed E-state index contributed by atoms with van der Waals surface area (Å²) in [6.07, 6.45) is 2.17. The molecule has 1 amide bonds. The third-order valence-electron chi connectivity index (χ3n) is 2.97. The van der Waals surface area contributed by atoms with Crippen LogP contribution in [0.3, 0.4) is 0 Å². The molecule has 17 heavy (non-hydrogen) atoms. The lowest BCUT2D eigenvalue weighted by Crippen LogP contribution is -2.28. The molecular formula is C13H15NO3. The van der Waals surface area contributed by atoms with Crippen LogP contribution in [0.1, 0.15) is 33.6 Å². The number of hydrogen-bond acceptors (Lipinski definition) is 3. The number of nitrogens with zero attached hydrogens (tertiary/aromatic N) is 1. The SMILES string of the molecule is COC(=O)c1ccc(C(=O)N(C)C2CC2)cc1. The third kappa shape index (κ3) is 2.46. The van der Waals surface area contributed by atoms with Gasteiger partial charge in [-0.3, -0.25) is 4.79 Å². The Hall–Kier alpha value is -1.84. The number of carbonyl (C=O) groups excluding carboxylic acids is 2. The first kappa shape index (κ1) is 11.6. The van der Waals surface area contributed by atoms with Crippen molar-refractivity contribution in [2.75, 3.05) is 14.2 Å². The van der Waals surface area contributed by atoms with Crippen molar-refractivity contribution in [3.05, 3.63) is 35.4 Å². The van der Waals surface area contributed by atoms with Crippen molar-refractivity contribution in [3.63, 3.8) is 0 Å². The number of methoxy groups -OCH3 is 1. The minimum absolute atomic E-state index is 0.00363. The molecule has 4 nitrogen and oxygen atoms in total. The number of ether oxygens (including phenoxy) is 1. The normalized spacial score (nSPS) is 14.2. The van der Waals surface area contributed by atoms with Crippen molar-refractivity contribution >= 4 is 11.9 Å². The first-order valence-corrected chi connectivity index (χ1v) is 5.59. The number of rotatable bonds is 3. The van der Waals surface area contributed by atoms with E-state index in [4.69, 9.17) is 0 Å². The van der Waals surface area contributed by atoms with Crippen molar-refractivity contribution in [1.29, 1.82) is 0 Å². The maximum absolute atomic E-state index is 12.0. The van der Waals surface area contributed by atoms with Gasteiger partial charge in [-0.25, -0.2) is 4.79 Å². The van der Waals surface area contributed by atoms with Gasteiger partial charge in [0.25, 0.3) is 5.91 Å². The number of esters is 1. The number of benzene rings is 1. The van der Waals surface area contributed by atoms with Gasteiger partial charge < -0.3 is 9.64 Å². The minimum atomic E-state index is -0.389. The Bertz CT molecular complexity index is 434. The topological polar surface area (TPSA) is 46.6 Å². The molecule has 1 aliphatic rings. The molecule has 0 unspecified atom stereocenters. The fourth-order valence-corrected chi connectivity index (χ4v) is 1.70. The van der Waals surface area contributed by atoms with Crippen LogP contribution in [0.25, 0.3) is 0 Å². The number of hydrogen-bond donors (Lipinski definition) is 0. The molecule has 1 fully saturated rings. The standard InChI is InChI=1S/C13H15NO3/c1-14(11-7-8-11)12(15)9-3-5-10(6-4-9)13(16)17-2/h3-6,11H,7-8H2,1-2H3. The predicted octanol–water partition coefficient (Wildman–Crippen LogP) is 1.71. The predicted molar refractivity (Wildman–Crippen MR) is 62.9 cm³/mol. The van der Waals surface area contributed by atoms with E-state index in [9.17, 15) is 9.59 Å². The van der Waals surface area contributed by atoms with Gasteiger partial charge in [-0.05, 0) is 37.1 Å². The van der Waals surface area contributed by atoms with E-state index in [0.29, 0.717) is 17.2 Å². The summed E-state index contributed by atoms with van der Waals surface area (Å²) in [5.41, 5.74) is 1.06. The summed E-state index contributed by atoms with van der Waals surface area (Å²) in [7, 11) is 3.15. The summed E-state index contributed by atoms with van der Waals surface area (Å²) >= 11 is 0. The highest BCUT2D eigenvalue weighted by Gasteiger charge is 2.29. The van der Waals surface area contributed by atoms with E-state index in [0.717, 1.165) is 12.8 Å². The molecule has 0 aliphatic heterocycles. The summed E-state index contributed by atoms with van der Waals surface area (Å²) in [5, 5.41) is 0. The van der Waals surface area contributed by atoms with Gasteiger partial charge in [-0.2, -0.15) is 0 Å². The van der Waals surface area contributed by atoms with Gasteiger partial charge in [0.2, 0.25) is 0 Å². The molecule has 0 heterocycles. The molecule has 90 valence electrons. The van der Waals surface area contributed by atoms with E-state index in [-0.39, 0.29) is 11.9 Å². The first-order valence-electron chi connectivity index (χ1n) is 5.59. The van der Waals surface area contributed by atoms with E-state index in [2.05, 4.69) is 4.74 Å². The molecule has 0 aromatic heterocycles. The Morgan fingerprint density at radius 3 is 2.18 bits per heavy atom. The average molecular weight is 233 g/mol. The first-order chi connectivity index (χ1) is 8.13. The lowest BCUT2D eigenvalue weighted by Gasteiger charge is -2.16. The largest absolute Gasteiger partial charge is 0.465 e. The van der Waals surface area contributed by atoms with Gasteiger partial charge in [0.05, 0.1) is 12.7 Å². The molecule has 1 aromatic carbocycles. The van der Waals surface area contributed by atoms with Crippen LogP contribution in [0.15, 0.2) is 24.3 Å². The minimum Gasteiger partial charge on any atom is -0.465 e. The summed E-state index contributed by atoms with van der Waals surface area (Å²) < 4.78 is 4.60. The second kappa shape index (κ2) is 4.57. The lowest BCUT2D eigenvalue weighted by atomic mass is 10.1. The second-order valence-corrected chi connectivity index (χ2v) is 4.22. The zero-order chi connectivity index (χ0) is 12.4. The monoisotopic (exact) mass is 233 g/mol. The van der Waals surface area contributed by atoms with E-state index >= 15 is 0 Å². The van der Waals surface area contributed by atoms with E-state index < -0.39 is 0 Å². The maximum atomic E-state index is 12.0. The molecule has 0 spiro atoms. The molecule has 0 saturated heterocycles. The molecule has 0 bridgehead atoms. The Morgan fingerprint density at radius 1 is 1.18 bits per heavy atom. The fraction of sp³-hybridized carbons (Fsp3) is 0.385. The van der Waals surface area contributed by atoms with Crippen molar-refractivity contribution in [2.45, 2.75) is 18.9 Å². The number of amides is 1. The Kier molecular flexibility index (Phi) is 3.13. The Morgan fingerprint density at radius 2 is 1.71 bits per heavy atom. The van der Waals surface area contributed by atoms with Gasteiger partial charge in [0.15, 0.2) is 0 Å². The highest BCUT2D eigenvalue weighted by molar-refractivity contribution is 5.96. The summed E-state index contributed by atoms with van der Waals surface area (Å²) in [6.45, 7) is 0. The van der Waals surface area contributed by atoms with Crippen LogP contribution in [0.2, 0.25) is 0 Å². The van der Waals surface area contributed by atoms with Crippen molar-refractivity contribution in [1.82, 2.24) is 4.90 Å². The average Bonchev–Trinajstić information content (AvgIpc) is 3.20. The quantitative estimate of drug-likeness (QED) is 0.747. The zero-order valence-corrected chi connectivity index (χ0v) is 9.97. The smallest absolute Gasteiger partial charge is 0.337 e. The molecule has 0 radical (unpaired) electrons. The highest BCUT2D eigenvalue weighted by Crippen LogP contribution is 2.26. The van der Waals surface area contributed by atoms with Gasteiger partial charge in [0.1, 0.15) is 0 Å². The van der Waals surface area contributed by atoms with Crippen LogP contribution in [-0.2, 0) is 4.74 Å². The van der Waals surface area contributed by atoms with Gasteiger partial charge in [-0.1, -0.05) is 0 Å². The molecular weight excluding hydrogens is 218 g/mol. The van der Waals surface area contributed by atoms with Crippen LogP contribution in [0.5, 0.6) is 0 Å². The van der Waals surface area contributed by atoms with E-state index in [1.54, 1.807) is 29.2 Å². The van der Waals surface area contributed by atoms with Gasteiger partial charge in [-0.15, -0.1) is 0 Å². The van der Waals surface area contributed by atoms with Crippen molar-refractivity contribution in [2.24, 2.45) is 0 Å². The fourth-order valence-electron chi connectivity index (χ4n) is 1.70. The van der Waals surface area contributed by atoms with E-state index in [1.165, 1.54) is 7.11 Å². The van der Waals surface area contributed by atoms with Gasteiger partial charge in [0, 0.05) is 18.7 Å². The molecule has 4 heteroatoms. The second-order valence-electron chi connectivity index (χ2n) is 4.22. The molecule has 1 saturated carbocycles. The van der Waals surface area contributed by atoms with Crippen LogP contribution in [0.4, 0.5) is 0 Å².